The monoisotopic (exact) mass is 392 g/mol. The zero-order chi connectivity index (χ0) is 18.9. The minimum absolute atomic E-state index is 0.00849. The van der Waals surface area contributed by atoms with E-state index in [2.05, 4.69) is 15.3 Å². The van der Waals surface area contributed by atoms with Crippen molar-refractivity contribution in [2.75, 3.05) is 31.6 Å². The molecule has 2 aromatic rings. The molecule has 2 aliphatic rings. The van der Waals surface area contributed by atoms with E-state index in [4.69, 9.17) is 21.1 Å². The van der Waals surface area contributed by atoms with Gasteiger partial charge in [0.05, 0.1) is 18.2 Å². The van der Waals surface area contributed by atoms with Crippen LogP contribution in [0.15, 0.2) is 30.5 Å². The van der Waals surface area contributed by atoms with Crippen LogP contribution in [0.1, 0.15) is 23.3 Å². The molecule has 142 valence electrons. The van der Waals surface area contributed by atoms with Gasteiger partial charge in [-0.05, 0) is 24.3 Å². The highest BCUT2D eigenvalue weighted by atomic mass is 35.5. The van der Waals surface area contributed by atoms with Gasteiger partial charge < -0.3 is 19.7 Å². The predicted molar refractivity (Wildman–Crippen MR) is 96.5 cm³/mol. The zero-order valence-electron chi connectivity index (χ0n) is 14.5. The Hall–Kier alpha value is -2.29. The molecule has 1 amide bonds. The first-order chi connectivity index (χ1) is 13.0. The van der Waals surface area contributed by atoms with E-state index in [0.29, 0.717) is 44.8 Å². The lowest BCUT2D eigenvalue weighted by Gasteiger charge is -2.37. The SMILES string of the molecule is O=C(c1ccnc(Nc2ccc(F)c(Cl)c2)n1)N1CCC2(CC1)OCCO2. The molecule has 2 aliphatic heterocycles. The van der Waals surface area contributed by atoms with Crippen molar-refractivity contribution < 1.29 is 18.7 Å². The van der Waals surface area contributed by atoms with Gasteiger partial charge in [0.25, 0.3) is 5.91 Å². The molecule has 2 fully saturated rings. The summed E-state index contributed by atoms with van der Waals surface area (Å²) < 4.78 is 24.6. The number of amides is 1. The van der Waals surface area contributed by atoms with E-state index in [9.17, 15) is 9.18 Å². The fourth-order valence-electron chi connectivity index (χ4n) is 3.24. The molecule has 1 aromatic carbocycles. The first kappa shape index (κ1) is 18.1. The number of hydrogen-bond donors (Lipinski definition) is 1. The average Bonchev–Trinajstić information content (AvgIpc) is 3.13. The van der Waals surface area contributed by atoms with Crippen LogP contribution in [0.3, 0.4) is 0 Å². The summed E-state index contributed by atoms with van der Waals surface area (Å²) in [6, 6.07) is 5.76. The van der Waals surface area contributed by atoms with Gasteiger partial charge in [-0.15, -0.1) is 0 Å². The lowest BCUT2D eigenvalue weighted by Crippen LogP contribution is -2.47. The van der Waals surface area contributed by atoms with Gasteiger partial charge in [-0.3, -0.25) is 4.79 Å². The molecule has 0 saturated carbocycles. The van der Waals surface area contributed by atoms with Gasteiger partial charge in [-0.2, -0.15) is 0 Å². The van der Waals surface area contributed by atoms with Gasteiger partial charge >= 0.3 is 0 Å². The normalized spacial score (nSPS) is 18.7. The Kier molecular flexibility index (Phi) is 4.94. The number of benzene rings is 1. The van der Waals surface area contributed by atoms with Gasteiger partial charge in [0.1, 0.15) is 11.5 Å². The largest absolute Gasteiger partial charge is 0.347 e. The number of nitrogens with zero attached hydrogens (tertiary/aromatic N) is 3. The topological polar surface area (TPSA) is 76.6 Å². The van der Waals surface area contributed by atoms with Crippen LogP contribution in [0, 0.1) is 5.82 Å². The third kappa shape index (κ3) is 3.87. The van der Waals surface area contributed by atoms with E-state index in [1.54, 1.807) is 11.0 Å². The molecule has 0 radical (unpaired) electrons. The van der Waals surface area contributed by atoms with Crippen molar-refractivity contribution in [3.63, 3.8) is 0 Å². The summed E-state index contributed by atoms with van der Waals surface area (Å²) in [6.07, 6.45) is 2.79. The van der Waals surface area contributed by atoms with Gasteiger partial charge in [0.15, 0.2) is 5.79 Å². The van der Waals surface area contributed by atoms with Crippen molar-refractivity contribution in [1.82, 2.24) is 14.9 Å². The Balaban J connectivity index is 1.44. The minimum atomic E-state index is -0.531. The van der Waals surface area contributed by atoms with E-state index in [-0.39, 0.29) is 22.6 Å². The molecule has 9 heteroatoms. The summed E-state index contributed by atoms with van der Waals surface area (Å²) >= 11 is 5.78. The average molecular weight is 393 g/mol. The quantitative estimate of drug-likeness (QED) is 0.865. The minimum Gasteiger partial charge on any atom is -0.347 e. The van der Waals surface area contributed by atoms with Crippen molar-refractivity contribution >= 4 is 29.1 Å². The summed E-state index contributed by atoms with van der Waals surface area (Å²) in [5.41, 5.74) is 0.811. The lowest BCUT2D eigenvalue weighted by atomic mass is 10.0. The molecule has 7 nitrogen and oxygen atoms in total. The van der Waals surface area contributed by atoms with Crippen LogP contribution in [0.2, 0.25) is 5.02 Å². The van der Waals surface area contributed by atoms with Gasteiger partial charge in [0.2, 0.25) is 5.95 Å². The molecule has 0 atom stereocenters. The molecular formula is C18H18ClFN4O3. The Morgan fingerprint density at radius 2 is 1.96 bits per heavy atom. The van der Waals surface area contributed by atoms with E-state index in [0.717, 1.165) is 0 Å². The molecule has 4 rings (SSSR count). The molecule has 0 bridgehead atoms. The summed E-state index contributed by atoms with van der Waals surface area (Å²) in [6.45, 7) is 2.28. The van der Waals surface area contributed by atoms with Crippen LogP contribution in [0.4, 0.5) is 16.0 Å². The Labute approximate surface area is 160 Å². The molecule has 1 N–H and O–H groups in total. The van der Waals surface area contributed by atoms with Gasteiger partial charge in [-0.25, -0.2) is 14.4 Å². The third-order valence-electron chi connectivity index (χ3n) is 4.68. The number of likely N-dealkylation sites (tertiary alicyclic amines) is 1. The van der Waals surface area contributed by atoms with Gasteiger partial charge in [-0.1, -0.05) is 11.6 Å². The molecule has 1 spiro atoms. The maximum Gasteiger partial charge on any atom is 0.272 e. The molecule has 27 heavy (non-hydrogen) atoms. The Morgan fingerprint density at radius 1 is 1.22 bits per heavy atom. The number of piperidine rings is 1. The number of halogens is 2. The van der Waals surface area contributed by atoms with Crippen LogP contribution in [-0.4, -0.2) is 52.9 Å². The van der Waals surface area contributed by atoms with Crippen molar-refractivity contribution in [1.29, 1.82) is 0 Å². The third-order valence-corrected chi connectivity index (χ3v) is 4.97. The Morgan fingerprint density at radius 3 is 2.67 bits per heavy atom. The molecular weight excluding hydrogens is 375 g/mol. The number of nitrogens with one attached hydrogen (secondary N) is 1. The molecule has 1 aromatic heterocycles. The fraction of sp³-hybridized carbons (Fsp3) is 0.389. The second-order valence-corrected chi connectivity index (χ2v) is 6.83. The number of rotatable bonds is 3. The van der Waals surface area contributed by atoms with Crippen LogP contribution in [-0.2, 0) is 9.47 Å². The molecule has 3 heterocycles. The number of carbonyl (C=O) groups excluding carboxylic acids is 1. The van der Waals surface area contributed by atoms with Crippen molar-refractivity contribution in [2.24, 2.45) is 0 Å². The second-order valence-electron chi connectivity index (χ2n) is 6.42. The van der Waals surface area contributed by atoms with Crippen LogP contribution in [0.5, 0.6) is 0 Å². The number of carbonyl (C=O) groups is 1. The van der Waals surface area contributed by atoms with Crippen LogP contribution >= 0.6 is 11.6 Å². The van der Waals surface area contributed by atoms with Crippen LogP contribution < -0.4 is 5.32 Å². The summed E-state index contributed by atoms with van der Waals surface area (Å²) in [5, 5.41) is 2.92. The number of ether oxygens (including phenoxy) is 2. The summed E-state index contributed by atoms with van der Waals surface area (Å²) in [4.78, 5) is 22.9. The van der Waals surface area contributed by atoms with E-state index >= 15 is 0 Å². The Bertz CT molecular complexity index is 850. The smallest absolute Gasteiger partial charge is 0.272 e. The highest BCUT2D eigenvalue weighted by molar-refractivity contribution is 6.31. The molecule has 0 unspecified atom stereocenters. The zero-order valence-corrected chi connectivity index (χ0v) is 15.2. The highest BCUT2D eigenvalue weighted by Gasteiger charge is 2.41. The first-order valence-corrected chi connectivity index (χ1v) is 9.05. The van der Waals surface area contributed by atoms with E-state index in [1.165, 1.54) is 24.4 Å². The number of hydrogen-bond acceptors (Lipinski definition) is 6. The van der Waals surface area contributed by atoms with E-state index < -0.39 is 11.6 Å². The maximum atomic E-state index is 13.3. The molecule has 2 saturated heterocycles. The lowest BCUT2D eigenvalue weighted by molar-refractivity contribution is -0.181. The maximum absolute atomic E-state index is 13.3. The fourth-order valence-corrected chi connectivity index (χ4v) is 3.42. The summed E-state index contributed by atoms with van der Waals surface area (Å²) in [7, 11) is 0. The predicted octanol–water partition coefficient (Wildman–Crippen LogP) is 2.99. The van der Waals surface area contributed by atoms with E-state index in [1.807, 2.05) is 0 Å². The number of anilines is 2. The first-order valence-electron chi connectivity index (χ1n) is 8.67. The summed E-state index contributed by atoms with van der Waals surface area (Å²) in [5.74, 6) is -0.980. The second kappa shape index (κ2) is 7.38. The number of aromatic nitrogens is 2. The molecule has 0 aliphatic carbocycles. The van der Waals surface area contributed by atoms with Crippen molar-refractivity contribution in [2.45, 2.75) is 18.6 Å². The van der Waals surface area contributed by atoms with Crippen LogP contribution in [0.25, 0.3) is 0 Å². The van der Waals surface area contributed by atoms with Crippen molar-refractivity contribution in [3.8, 4) is 0 Å². The van der Waals surface area contributed by atoms with Gasteiger partial charge in [0, 0.05) is 37.8 Å². The highest BCUT2D eigenvalue weighted by Crippen LogP contribution is 2.31. The van der Waals surface area contributed by atoms with Crippen molar-refractivity contribution in [3.05, 3.63) is 47.0 Å². The standard InChI is InChI=1S/C18H18ClFN4O3/c19-13-11-12(1-2-14(13)20)22-17-21-6-3-15(23-17)16(25)24-7-4-18(5-8-24)26-9-10-27-18/h1-3,6,11H,4-5,7-10H2,(H,21,22,23).